The average molecular weight is 319 g/mol. The third-order valence-corrected chi connectivity index (χ3v) is 4.30. The monoisotopic (exact) mass is 319 g/mol. The van der Waals surface area contributed by atoms with Gasteiger partial charge in [-0.3, -0.25) is 4.79 Å². The van der Waals surface area contributed by atoms with Gasteiger partial charge in [0.15, 0.2) is 0 Å². The molecule has 0 aliphatic heterocycles. The normalized spacial score (nSPS) is 10.6. The summed E-state index contributed by atoms with van der Waals surface area (Å²) in [5.41, 5.74) is 1.81. The molecule has 2 aromatic rings. The number of rotatable bonds is 8. The van der Waals surface area contributed by atoms with Crippen molar-refractivity contribution >= 4 is 17.2 Å². The first-order valence-corrected chi connectivity index (χ1v) is 8.04. The molecule has 0 saturated carbocycles. The largest absolute Gasteiger partial charge is 0.383 e. The van der Waals surface area contributed by atoms with Gasteiger partial charge in [-0.2, -0.15) is 0 Å². The lowest BCUT2D eigenvalue weighted by atomic mass is 10.2. The number of hydrogen-bond acceptors (Lipinski definition) is 5. The summed E-state index contributed by atoms with van der Waals surface area (Å²) in [6.07, 6.45) is 0. The smallest absolute Gasteiger partial charge is 0.263 e. The lowest BCUT2D eigenvalue weighted by molar-refractivity contribution is 0.0957. The number of aromatic nitrogens is 1. The third-order valence-electron chi connectivity index (χ3n) is 3.09. The van der Waals surface area contributed by atoms with E-state index < -0.39 is 0 Å². The number of aryl methyl sites for hydroxylation is 1. The number of amides is 1. The summed E-state index contributed by atoms with van der Waals surface area (Å²) in [5, 5.41) is 6.97. The van der Waals surface area contributed by atoms with Crippen molar-refractivity contribution in [2.45, 2.75) is 6.92 Å². The van der Waals surface area contributed by atoms with Crippen LogP contribution in [0.4, 0.5) is 0 Å². The van der Waals surface area contributed by atoms with E-state index in [1.807, 2.05) is 37.3 Å². The molecule has 5 nitrogen and oxygen atoms in total. The summed E-state index contributed by atoms with van der Waals surface area (Å²) in [6, 6.07) is 9.91. The molecule has 0 radical (unpaired) electrons. The van der Waals surface area contributed by atoms with Crippen molar-refractivity contribution in [1.82, 2.24) is 15.6 Å². The van der Waals surface area contributed by atoms with Crippen LogP contribution < -0.4 is 10.6 Å². The van der Waals surface area contributed by atoms with E-state index in [4.69, 9.17) is 4.74 Å². The maximum absolute atomic E-state index is 12.2. The Bertz CT molecular complexity index is 599. The minimum Gasteiger partial charge on any atom is -0.383 e. The highest BCUT2D eigenvalue weighted by Gasteiger charge is 2.15. The molecule has 118 valence electrons. The van der Waals surface area contributed by atoms with E-state index in [1.165, 1.54) is 11.3 Å². The van der Waals surface area contributed by atoms with Crippen LogP contribution in [0.15, 0.2) is 30.3 Å². The van der Waals surface area contributed by atoms with E-state index in [1.54, 1.807) is 7.11 Å². The number of thiazole rings is 1. The van der Waals surface area contributed by atoms with Gasteiger partial charge in [-0.1, -0.05) is 30.3 Å². The fraction of sp³-hybridized carbons (Fsp3) is 0.375. The molecule has 0 fully saturated rings. The fourth-order valence-electron chi connectivity index (χ4n) is 1.96. The molecule has 1 amide bonds. The first-order valence-electron chi connectivity index (χ1n) is 7.23. The molecule has 1 aromatic heterocycles. The van der Waals surface area contributed by atoms with Crippen molar-refractivity contribution in [3.8, 4) is 10.6 Å². The highest BCUT2D eigenvalue weighted by atomic mass is 32.1. The molecule has 0 unspecified atom stereocenters. The van der Waals surface area contributed by atoms with Crippen molar-refractivity contribution in [2.75, 3.05) is 33.4 Å². The zero-order valence-electron chi connectivity index (χ0n) is 12.9. The number of carbonyl (C=O) groups excluding carboxylic acids is 1. The minimum atomic E-state index is -0.0641. The summed E-state index contributed by atoms with van der Waals surface area (Å²) in [4.78, 5) is 17.4. The first-order chi connectivity index (χ1) is 10.7. The van der Waals surface area contributed by atoms with Crippen molar-refractivity contribution in [2.24, 2.45) is 0 Å². The highest BCUT2D eigenvalue weighted by Crippen LogP contribution is 2.27. The van der Waals surface area contributed by atoms with Crippen LogP contribution in [-0.2, 0) is 4.74 Å². The number of carbonyl (C=O) groups is 1. The van der Waals surface area contributed by atoms with Crippen molar-refractivity contribution < 1.29 is 9.53 Å². The average Bonchev–Trinajstić information content (AvgIpc) is 2.93. The topological polar surface area (TPSA) is 63.2 Å². The van der Waals surface area contributed by atoms with Gasteiger partial charge in [0.2, 0.25) is 0 Å². The second-order valence-corrected chi connectivity index (χ2v) is 5.80. The summed E-state index contributed by atoms with van der Waals surface area (Å²) in [7, 11) is 1.67. The Hall–Kier alpha value is -1.76. The van der Waals surface area contributed by atoms with E-state index in [0.29, 0.717) is 18.0 Å². The quantitative estimate of drug-likeness (QED) is 0.731. The van der Waals surface area contributed by atoms with Crippen LogP contribution in [-0.4, -0.2) is 44.2 Å². The van der Waals surface area contributed by atoms with E-state index >= 15 is 0 Å². The Labute approximate surface area is 134 Å². The Kier molecular flexibility index (Phi) is 6.51. The fourth-order valence-corrected chi connectivity index (χ4v) is 2.94. The molecule has 2 rings (SSSR count). The Morgan fingerprint density at radius 1 is 1.23 bits per heavy atom. The predicted octanol–water partition coefficient (Wildman–Crippen LogP) is 2.08. The molecule has 0 saturated heterocycles. The molecular formula is C16H21N3O2S. The van der Waals surface area contributed by atoms with Crippen LogP contribution >= 0.6 is 11.3 Å². The third kappa shape index (κ3) is 4.62. The number of methoxy groups -OCH3 is 1. The lowest BCUT2D eigenvalue weighted by Gasteiger charge is -2.05. The SMILES string of the molecule is COCCNCCNC(=O)c1sc(-c2ccccc2)nc1C. The van der Waals surface area contributed by atoms with Crippen molar-refractivity contribution in [3.63, 3.8) is 0 Å². The molecule has 22 heavy (non-hydrogen) atoms. The lowest BCUT2D eigenvalue weighted by Crippen LogP contribution is -2.33. The van der Waals surface area contributed by atoms with Gasteiger partial charge in [-0.05, 0) is 6.92 Å². The summed E-state index contributed by atoms with van der Waals surface area (Å²) >= 11 is 1.43. The van der Waals surface area contributed by atoms with Gasteiger partial charge < -0.3 is 15.4 Å². The van der Waals surface area contributed by atoms with Gasteiger partial charge >= 0.3 is 0 Å². The van der Waals surface area contributed by atoms with Crippen LogP contribution in [0.1, 0.15) is 15.4 Å². The Morgan fingerprint density at radius 2 is 2.00 bits per heavy atom. The van der Waals surface area contributed by atoms with Gasteiger partial charge in [-0.15, -0.1) is 11.3 Å². The number of nitrogens with one attached hydrogen (secondary N) is 2. The zero-order chi connectivity index (χ0) is 15.8. The van der Waals surface area contributed by atoms with Gasteiger partial charge in [-0.25, -0.2) is 4.98 Å². The molecule has 0 aliphatic carbocycles. The maximum atomic E-state index is 12.2. The highest BCUT2D eigenvalue weighted by molar-refractivity contribution is 7.17. The standard InChI is InChI=1S/C16H21N3O2S/c1-12-14(15(20)18-9-8-17-10-11-21-2)22-16(19-12)13-6-4-3-5-7-13/h3-7,17H,8-11H2,1-2H3,(H,18,20). The second-order valence-electron chi connectivity index (χ2n) is 4.80. The van der Waals surface area contributed by atoms with Gasteiger partial charge in [0.1, 0.15) is 9.88 Å². The van der Waals surface area contributed by atoms with Crippen molar-refractivity contribution in [1.29, 1.82) is 0 Å². The molecule has 1 aromatic carbocycles. The number of ether oxygens (including phenoxy) is 1. The molecular weight excluding hydrogens is 298 g/mol. The molecule has 1 heterocycles. The van der Waals surface area contributed by atoms with Gasteiger partial charge in [0, 0.05) is 32.3 Å². The second kappa shape index (κ2) is 8.63. The summed E-state index contributed by atoms with van der Waals surface area (Å²) in [5.74, 6) is -0.0641. The van der Waals surface area contributed by atoms with Gasteiger partial charge in [0.05, 0.1) is 12.3 Å². The zero-order valence-corrected chi connectivity index (χ0v) is 13.7. The predicted molar refractivity (Wildman–Crippen MR) is 89.4 cm³/mol. The molecule has 0 spiro atoms. The van der Waals surface area contributed by atoms with E-state index in [0.717, 1.165) is 29.4 Å². The van der Waals surface area contributed by atoms with Crippen LogP contribution in [0, 0.1) is 6.92 Å². The molecule has 2 N–H and O–H groups in total. The molecule has 0 aliphatic rings. The molecule has 6 heteroatoms. The van der Waals surface area contributed by atoms with Crippen LogP contribution in [0.25, 0.3) is 10.6 Å². The van der Waals surface area contributed by atoms with E-state index in [-0.39, 0.29) is 5.91 Å². The molecule has 0 atom stereocenters. The summed E-state index contributed by atoms with van der Waals surface area (Å²) < 4.78 is 4.94. The Balaban J connectivity index is 1.89. The van der Waals surface area contributed by atoms with E-state index in [2.05, 4.69) is 15.6 Å². The Morgan fingerprint density at radius 3 is 2.73 bits per heavy atom. The number of hydrogen-bond donors (Lipinski definition) is 2. The maximum Gasteiger partial charge on any atom is 0.263 e. The van der Waals surface area contributed by atoms with Crippen molar-refractivity contribution in [3.05, 3.63) is 40.9 Å². The molecule has 0 bridgehead atoms. The van der Waals surface area contributed by atoms with Crippen LogP contribution in [0.5, 0.6) is 0 Å². The van der Waals surface area contributed by atoms with Crippen LogP contribution in [0.2, 0.25) is 0 Å². The number of nitrogens with zero attached hydrogens (tertiary/aromatic N) is 1. The van der Waals surface area contributed by atoms with Crippen LogP contribution in [0.3, 0.4) is 0 Å². The number of benzene rings is 1. The first kappa shape index (κ1) is 16.6. The minimum absolute atomic E-state index is 0.0641. The summed E-state index contributed by atoms with van der Waals surface area (Å²) in [6.45, 7) is 4.63. The van der Waals surface area contributed by atoms with Gasteiger partial charge in [0.25, 0.3) is 5.91 Å². The van der Waals surface area contributed by atoms with E-state index in [9.17, 15) is 4.79 Å².